The van der Waals surface area contributed by atoms with Gasteiger partial charge in [-0.3, -0.25) is 9.78 Å². The summed E-state index contributed by atoms with van der Waals surface area (Å²) in [5.74, 6) is -0.121. The molecule has 21 heavy (non-hydrogen) atoms. The first kappa shape index (κ1) is 17.6. The zero-order valence-corrected chi connectivity index (χ0v) is 13.6. The molecule has 0 spiro atoms. The van der Waals surface area contributed by atoms with Crippen molar-refractivity contribution in [1.29, 1.82) is 0 Å². The first-order chi connectivity index (χ1) is 9.69. The highest BCUT2D eigenvalue weighted by molar-refractivity contribution is 7.88. The van der Waals surface area contributed by atoms with Crippen LogP contribution in [0.2, 0.25) is 0 Å². The Bertz CT molecular complexity index is 558. The van der Waals surface area contributed by atoms with E-state index in [1.165, 1.54) is 0 Å². The van der Waals surface area contributed by atoms with Crippen LogP contribution >= 0.6 is 0 Å². The quantitative estimate of drug-likeness (QED) is 0.792. The second-order valence-electron chi connectivity index (χ2n) is 5.58. The fourth-order valence-electron chi connectivity index (χ4n) is 1.99. The van der Waals surface area contributed by atoms with Crippen LogP contribution in [0.15, 0.2) is 24.5 Å². The third kappa shape index (κ3) is 6.68. The van der Waals surface area contributed by atoms with Crippen LogP contribution in [-0.4, -0.2) is 31.6 Å². The van der Waals surface area contributed by atoms with E-state index < -0.39 is 16.1 Å². The van der Waals surface area contributed by atoms with Crippen molar-refractivity contribution in [2.24, 2.45) is 5.92 Å². The maximum absolute atomic E-state index is 12.3. The van der Waals surface area contributed by atoms with Gasteiger partial charge in [-0.05, 0) is 37.0 Å². The Hall–Kier alpha value is -1.47. The summed E-state index contributed by atoms with van der Waals surface area (Å²) >= 11 is 0. The van der Waals surface area contributed by atoms with Gasteiger partial charge in [0, 0.05) is 12.4 Å². The molecule has 1 aromatic rings. The number of carbonyl (C=O) groups is 1. The van der Waals surface area contributed by atoms with E-state index in [0.717, 1.165) is 11.8 Å². The van der Waals surface area contributed by atoms with Crippen LogP contribution in [0.4, 0.5) is 0 Å². The van der Waals surface area contributed by atoms with Gasteiger partial charge in [0.25, 0.3) is 0 Å². The van der Waals surface area contributed by atoms with E-state index in [1.807, 2.05) is 32.9 Å². The van der Waals surface area contributed by atoms with E-state index in [0.29, 0.717) is 6.42 Å². The number of amides is 1. The van der Waals surface area contributed by atoms with Crippen molar-refractivity contribution in [3.63, 3.8) is 0 Å². The SMILES string of the molecule is CC(C)C[C@H](NS(C)(=O)=O)C(=O)N[C@@H](C)c1ccncc1. The number of pyridine rings is 1. The Morgan fingerprint density at radius 3 is 2.29 bits per heavy atom. The largest absolute Gasteiger partial charge is 0.348 e. The van der Waals surface area contributed by atoms with Crippen LogP contribution < -0.4 is 10.0 Å². The average Bonchev–Trinajstić information content (AvgIpc) is 2.36. The van der Waals surface area contributed by atoms with Gasteiger partial charge in [0.2, 0.25) is 15.9 Å². The average molecular weight is 313 g/mol. The first-order valence-electron chi connectivity index (χ1n) is 6.86. The Labute approximate surface area is 126 Å². The van der Waals surface area contributed by atoms with Gasteiger partial charge in [-0.1, -0.05) is 13.8 Å². The molecule has 0 aromatic carbocycles. The fourth-order valence-corrected chi connectivity index (χ4v) is 2.71. The fraction of sp³-hybridized carbons (Fsp3) is 0.571. The second kappa shape index (κ2) is 7.51. The van der Waals surface area contributed by atoms with Crippen molar-refractivity contribution in [2.45, 2.75) is 39.3 Å². The lowest BCUT2D eigenvalue weighted by Crippen LogP contribution is -2.47. The number of hydrogen-bond acceptors (Lipinski definition) is 4. The molecule has 2 N–H and O–H groups in total. The highest BCUT2D eigenvalue weighted by Gasteiger charge is 2.24. The highest BCUT2D eigenvalue weighted by Crippen LogP contribution is 2.12. The number of nitrogens with zero attached hydrogens (tertiary/aromatic N) is 1. The molecule has 1 heterocycles. The minimum atomic E-state index is -3.44. The molecular formula is C14H23N3O3S. The van der Waals surface area contributed by atoms with Crippen molar-refractivity contribution < 1.29 is 13.2 Å². The van der Waals surface area contributed by atoms with E-state index in [-0.39, 0.29) is 17.9 Å². The van der Waals surface area contributed by atoms with E-state index in [2.05, 4.69) is 15.0 Å². The van der Waals surface area contributed by atoms with Gasteiger partial charge in [-0.2, -0.15) is 0 Å². The van der Waals surface area contributed by atoms with Crippen LogP contribution in [0, 0.1) is 5.92 Å². The summed E-state index contributed by atoms with van der Waals surface area (Å²) in [7, 11) is -3.44. The number of rotatable bonds is 7. The molecule has 7 heteroatoms. The van der Waals surface area contributed by atoms with E-state index >= 15 is 0 Å². The molecule has 1 aromatic heterocycles. The minimum Gasteiger partial charge on any atom is -0.348 e. The van der Waals surface area contributed by atoms with E-state index in [1.54, 1.807) is 12.4 Å². The predicted molar refractivity (Wildman–Crippen MR) is 82.0 cm³/mol. The van der Waals surface area contributed by atoms with Gasteiger partial charge in [-0.25, -0.2) is 13.1 Å². The summed E-state index contributed by atoms with van der Waals surface area (Å²) in [4.78, 5) is 16.2. The smallest absolute Gasteiger partial charge is 0.238 e. The molecule has 6 nitrogen and oxygen atoms in total. The standard InChI is InChI=1S/C14H23N3O3S/c1-10(2)9-13(17-21(4,19)20)14(18)16-11(3)12-5-7-15-8-6-12/h5-8,10-11,13,17H,9H2,1-4H3,(H,16,18)/t11-,13-/m0/s1. The van der Waals surface area contributed by atoms with Gasteiger partial charge in [-0.15, -0.1) is 0 Å². The van der Waals surface area contributed by atoms with Gasteiger partial charge in [0.1, 0.15) is 6.04 Å². The Balaban J connectivity index is 2.76. The van der Waals surface area contributed by atoms with Crippen LogP contribution in [0.25, 0.3) is 0 Å². The molecule has 0 radical (unpaired) electrons. The van der Waals surface area contributed by atoms with Crippen LogP contribution in [0.1, 0.15) is 38.8 Å². The maximum atomic E-state index is 12.3. The van der Waals surface area contributed by atoms with Crippen molar-refractivity contribution in [1.82, 2.24) is 15.0 Å². The molecule has 0 unspecified atom stereocenters. The molecule has 0 fully saturated rings. The molecule has 1 amide bonds. The topological polar surface area (TPSA) is 88.2 Å². The molecule has 1 rings (SSSR count). The lowest BCUT2D eigenvalue weighted by Gasteiger charge is -2.22. The van der Waals surface area contributed by atoms with E-state index in [9.17, 15) is 13.2 Å². The number of aromatic nitrogens is 1. The third-order valence-electron chi connectivity index (χ3n) is 2.94. The predicted octanol–water partition coefficient (Wildman–Crippen LogP) is 1.22. The molecule has 0 aliphatic heterocycles. The maximum Gasteiger partial charge on any atom is 0.238 e. The summed E-state index contributed by atoms with van der Waals surface area (Å²) in [5.41, 5.74) is 0.918. The monoisotopic (exact) mass is 313 g/mol. The summed E-state index contributed by atoms with van der Waals surface area (Å²) in [6, 6.07) is 2.65. The molecule has 0 saturated carbocycles. The first-order valence-corrected chi connectivity index (χ1v) is 8.75. The number of carbonyl (C=O) groups excluding carboxylic acids is 1. The third-order valence-corrected chi connectivity index (χ3v) is 3.66. The molecule has 118 valence electrons. The lowest BCUT2D eigenvalue weighted by molar-refractivity contribution is -0.123. The molecule has 2 atom stereocenters. The van der Waals surface area contributed by atoms with Crippen molar-refractivity contribution >= 4 is 15.9 Å². The van der Waals surface area contributed by atoms with Crippen molar-refractivity contribution in [3.8, 4) is 0 Å². The van der Waals surface area contributed by atoms with Crippen LogP contribution in [-0.2, 0) is 14.8 Å². The van der Waals surface area contributed by atoms with Gasteiger partial charge >= 0.3 is 0 Å². The highest BCUT2D eigenvalue weighted by atomic mass is 32.2. The van der Waals surface area contributed by atoms with Crippen molar-refractivity contribution in [3.05, 3.63) is 30.1 Å². The normalized spacial score (nSPS) is 14.7. The van der Waals surface area contributed by atoms with Crippen LogP contribution in [0.3, 0.4) is 0 Å². The van der Waals surface area contributed by atoms with Crippen LogP contribution in [0.5, 0.6) is 0 Å². The second-order valence-corrected chi connectivity index (χ2v) is 7.36. The molecule has 0 aliphatic carbocycles. The Kier molecular flexibility index (Phi) is 6.29. The summed E-state index contributed by atoms with van der Waals surface area (Å²) in [6.45, 7) is 5.73. The van der Waals surface area contributed by atoms with Gasteiger partial charge in [0.05, 0.1) is 12.3 Å². The zero-order chi connectivity index (χ0) is 16.0. The van der Waals surface area contributed by atoms with Crippen molar-refractivity contribution in [2.75, 3.05) is 6.26 Å². The zero-order valence-electron chi connectivity index (χ0n) is 12.8. The summed E-state index contributed by atoms with van der Waals surface area (Å²) < 4.78 is 25.2. The summed E-state index contributed by atoms with van der Waals surface area (Å²) in [5, 5.41) is 2.83. The summed E-state index contributed by atoms with van der Waals surface area (Å²) in [6.07, 6.45) is 4.80. The Morgan fingerprint density at radius 1 is 1.24 bits per heavy atom. The lowest BCUT2D eigenvalue weighted by atomic mass is 10.0. The molecular weight excluding hydrogens is 290 g/mol. The van der Waals surface area contributed by atoms with E-state index in [4.69, 9.17) is 0 Å². The number of hydrogen-bond donors (Lipinski definition) is 2. The van der Waals surface area contributed by atoms with Gasteiger partial charge in [0.15, 0.2) is 0 Å². The molecule has 0 saturated heterocycles. The molecule has 0 bridgehead atoms. The minimum absolute atomic E-state index is 0.200. The number of sulfonamides is 1. The molecule has 0 aliphatic rings. The Morgan fingerprint density at radius 2 is 1.81 bits per heavy atom. The van der Waals surface area contributed by atoms with Gasteiger partial charge < -0.3 is 5.32 Å². The number of nitrogens with one attached hydrogen (secondary N) is 2.